The molecule has 6 atom stereocenters. The molecule has 1 aromatic carbocycles. The summed E-state index contributed by atoms with van der Waals surface area (Å²) in [6.45, 7) is 7.95. The number of allylic oxidation sites excluding steroid dienone is 1. The summed E-state index contributed by atoms with van der Waals surface area (Å²) in [5, 5.41) is 7.17. The third-order valence-electron chi connectivity index (χ3n) is 9.23. The number of amides is 5. The quantitative estimate of drug-likeness (QED) is 0.310. The molecule has 0 radical (unpaired) electrons. The third kappa shape index (κ3) is 9.37. The summed E-state index contributed by atoms with van der Waals surface area (Å²) < 4.78 is 60.6. The van der Waals surface area contributed by atoms with Crippen molar-refractivity contribution in [3.63, 3.8) is 0 Å². The number of nitrogens with one attached hydrogen (secondary N) is 4. The van der Waals surface area contributed by atoms with Gasteiger partial charge in [-0.25, -0.2) is 22.0 Å². The maximum absolute atomic E-state index is 14.2. The highest BCUT2D eigenvalue weighted by atomic mass is 32.2. The van der Waals surface area contributed by atoms with Crippen molar-refractivity contribution in [1.29, 1.82) is 0 Å². The van der Waals surface area contributed by atoms with E-state index in [4.69, 9.17) is 4.74 Å². The average Bonchev–Trinajstić information content (AvgIpc) is 3.56. The van der Waals surface area contributed by atoms with Crippen molar-refractivity contribution in [2.75, 3.05) is 6.54 Å². The summed E-state index contributed by atoms with van der Waals surface area (Å²) >= 11 is 0. The molecule has 1 saturated heterocycles. The zero-order valence-corrected chi connectivity index (χ0v) is 29.8. The van der Waals surface area contributed by atoms with Crippen molar-refractivity contribution in [3.05, 3.63) is 47.5 Å². The van der Waals surface area contributed by atoms with Crippen LogP contribution in [0.4, 0.5) is 13.6 Å². The number of rotatable bonds is 7. The largest absolute Gasteiger partial charge is 0.444 e. The summed E-state index contributed by atoms with van der Waals surface area (Å²) in [4.78, 5) is 69.0. The van der Waals surface area contributed by atoms with E-state index in [1.165, 1.54) is 11.8 Å². The van der Waals surface area contributed by atoms with Gasteiger partial charge in [-0.15, -0.1) is 0 Å². The molecule has 0 bridgehead atoms. The number of benzene rings is 1. The lowest BCUT2D eigenvalue weighted by molar-refractivity contribution is -0.141. The van der Waals surface area contributed by atoms with Crippen LogP contribution in [-0.2, 0) is 29.1 Å². The highest BCUT2D eigenvalue weighted by Gasteiger charge is 2.61. The summed E-state index contributed by atoms with van der Waals surface area (Å²) in [5.41, 5.74) is -2.65. The standard InChI is InChI=1S/C34H47F2N5O8S/c1-6-20(2)50(47,48)40-31(45)34-18-22(34)12-10-8-7-9-11-13-26(38-32(46)49-33(3,4)5)30(44)41-19-23(17-27(41)29(43)39-34)37-28(42)21-14-15-24(35)25(36)16-21/h10,12,14-16,20,22-23,26-27H,6-9,11,13,17-19H2,1-5H3,(H,37,42)(H,38,46)(H,39,43)(H,40,45)/b12-10-/t20?,22-,23-,26+,27+,34-/m1/s1. The highest BCUT2D eigenvalue weighted by Crippen LogP contribution is 2.45. The van der Waals surface area contributed by atoms with Crippen molar-refractivity contribution in [1.82, 2.24) is 25.6 Å². The third-order valence-corrected chi connectivity index (χ3v) is 11.1. The minimum absolute atomic E-state index is 0.122. The van der Waals surface area contributed by atoms with Gasteiger partial charge in [0, 0.05) is 24.1 Å². The molecule has 1 saturated carbocycles. The van der Waals surface area contributed by atoms with Crippen molar-refractivity contribution in [3.8, 4) is 0 Å². The van der Waals surface area contributed by atoms with E-state index < -0.39 is 91.8 Å². The zero-order valence-electron chi connectivity index (χ0n) is 29.0. The van der Waals surface area contributed by atoms with Gasteiger partial charge < -0.3 is 25.6 Å². The number of carbonyl (C=O) groups excluding carboxylic acids is 5. The van der Waals surface area contributed by atoms with Crippen LogP contribution in [0.5, 0.6) is 0 Å². The van der Waals surface area contributed by atoms with Crippen molar-refractivity contribution < 1.29 is 45.9 Å². The Bertz CT molecular complexity index is 1630. The monoisotopic (exact) mass is 723 g/mol. The molecule has 50 heavy (non-hydrogen) atoms. The van der Waals surface area contributed by atoms with E-state index in [1.807, 2.05) is 6.08 Å². The Labute approximate surface area is 291 Å². The maximum Gasteiger partial charge on any atom is 0.408 e. The fourth-order valence-electron chi connectivity index (χ4n) is 6.12. The molecular weight excluding hydrogens is 676 g/mol. The number of carbonyl (C=O) groups is 5. The molecule has 1 aromatic rings. The van der Waals surface area contributed by atoms with Crippen LogP contribution in [0.15, 0.2) is 30.4 Å². The Morgan fingerprint density at radius 1 is 1.10 bits per heavy atom. The molecule has 1 unspecified atom stereocenters. The van der Waals surface area contributed by atoms with Crippen LogP contribution in [0.1, 0.15) is 96.3 Å². The van der Waals surface area contributed by atoms with E-state index in [2.05, 4.69) is 20.7 Å². The molecule has 5 amide bonds. The Balaban J connectivity index is 1.66. The molecule has 1 aliphatic carbocycles. The lowest BCUT2D eigenvalue weighted by Gasteiger charge is -2.30. The zero-order chi connectivity index (χ0) is 37.0. The van der Waals surface area contributed by atoms with Gasteiger partial charge in [0.05, 0.1) is 5.25 Å². The number of sulfonamides is 1. The van der Waals surface area contributed by atoms with Gasteiger partial charge in [-0.05, 0) is 84.4 Å². The number of fused-ring (bicyclic) bond motifs is 2. The van der Waals surface area contributed by atoms with Gasteiger partial charge in [0.15, 0.2) is 11.6 Å². The van der Waals surface area contributed by atoms with Gasteiger partial charge in [-0.1, -0.05) is 31.9 Å². The minimum Gasteiger partial charge on any atom is -0.444 e. The van der Waals surface area contributed by atoms with E-state index >= 15 is 0 Å². The number of nitrogens with zero attached hydrogens (tertiary/aromatic N) is 1. The normalized spacial score (nSPS) is 27.3. The maximum atomic E-state index is 14.2. The van der Waals surface area contributed by atoms with Crippen LogP contribution >= 0.6 is 0 Å². The minimum atomic E-state index is -4.06. The van der Waals surface area contributed by atoms with Crippen LogP contribution in [0.2, 0.25) is 0 Å². The number of hydrogen-bond acceptors (Lipinski definition) is 8. The van der Waals surface area contributed by atoms with E-state index in [1.54, 1.807) is 33.8 Å². The molecule has 2 aliphatic heterocycles. The molecule has 2 fully saturated rings. The van der Waals surface area contributed by atoms with E-state index in [9.17, 15) is 41.2 Å². The van der Waals surface area contributed by atoms with Gasteiger partial charge in [0.25, 0.3) is 11.8 Å². The van der Waals surface area contributed by atoms with E-state index in [0.29, 0.717) is 19.3 Å². The average molecular weight is 724 g/mol. The Morgan fingerprint density at radius 2 is 1.82 bits per heavy atom. The first-order valence-electron chi connectivity index (χ1n) is 17.0. The van der Waals surface area contributed by atoms with Gasteiger partial charge in [-0.2, -0.15) is 0 Å². The van der Waals surface area contributed by atoms with Gasteiger partial charge >= 0.3 is 6.09 Å². The second-order valence-electron chi connectivity index (χ2n) is 14.3. The van der Waals surface area contributed by atoms with E-state index in [0.717, 1.165) is 24.6 Å². The van der Waals surface area contributed by atoms with Crippen LogP contribution < -0.4 is 20.7 Å². The first-order chi connectivity index (χ1) is 23.4. The van der Waals surface area contributed by atoms with Crippen molar-refractivity contribution in [2.45, 2.75) is 121 Å². The fraction of sp³-hybridized carbons (Fsp3) is 0.618. The first-order valence-corrected chi connectivity index (χ1v) is 18.5. The molecule has 0 spiro atoms. The fourth-order valence-corrected chi connectivity index (χ4v) is 7.20. The Hall–Kier alpha value is -4.08. The number of ether oxygens (including phenoxy) is 1. The van der Waals surface area contributed by atoms with Crippen LogP contribution in [0.3, 0.4) is 0 Å². The SMILES string of the molecule is CCC(C)S(=O)(=O)NC(=O)[C@@]12C[C@H]1/C=C\CCCCC[C@H](NC(=O)OC(C)(C)C)C(=O)N1C[C@H](NC(=O)c3ccc(F)c(F)c3)C[C@H]1C(=O)N2. The molecule has 0 aromatic heterocycles. The van der Waals surface area contributed by atoms with Crippen molar-refractivity contribution >= 4 is 39.7 Å². The van der Waals surface area contributed by atoms with Gasteiger partial charge in [0.1, 0.15) is 23.2 Å². The lowest BCUT2D eigenvalue weighted by atomic mass is 10.0. The lowest BCUT2D eigenvalue weighted by Crippen LogP contribution is -2.58. The van der Waals surface area contributed by atoms with Crippen LogP contribution in [0, 0.1) is 17.6 Å². The first kappa shape index (κ1) is 38.7. The molecular formula is C34H47F2N5O8S. The molecule has 4 N–H and O–H groups in total. The predicted octanol–water partition coefficient (Wildman–Crippen LogP) is 3.20. The Kier molecular flexibility index (Phi) is 12.0. The predicted molar refractivity (Wildman–Crippen MR) is 179 cm³/mol. The van der Waals surface area contributed by atoms with Crippen molar-refractivity contribution in [2.24, 2.45) is 5.92 Å². The number of halogens is 2. The molecule has 4 rings (SSSR count). The number of hydrogen-bond donors (Lipinski definition) is 4. The van der Waals surface area contributed by atoms with Gasteiger partial charge in [-0.3, -0.25) is 23.9 Å². The number of alkyl carbamates (subject to hydrolysis) is 1. The molecule has 2 heterocycles. The van der Waals surface area contributed by atoms with Crippen LogP contribution in [-0.4, -0.2) is 84.1 Å². The summed E-state index contributed by atoms with van der Waals surface area (Å²) in [7, 11) is -4.06. The second-order valence-corrected chi connectivity index (χ2v) is 16.4. The summed E-state index contributed by atoms with van der Waals surface area (Å²) in [6.07, 6.45) is 5.90. The summed E-state index contributed by atoms with van der Waals surface area (Å²) in [6, 6.07) is -0.577. The van der Waals surface area contributed by atoms with Gasteiger partial charge in [0.2, 0.25) is 21.8 Å². The van der Waals surface area contributed by atoms with Crippen LogP contribution in [0.25, 0.3) is 0 Å². The highest BCUT2D eigenvalue weighted by molar-refractivity contribution is 7.90. The van der Waals surface area contributed by atoms with E-state index in [-0.39, 0.29) is 37.8 Å². The molecule has 13 nitrogen and oxygen atoms in total. The second kappa shape index (κ2) is 15.4. The molecule has 276 valence electrons. The smallest absolute Gasteiger partial charge is 0.408 e. The topological polar surface area (TPSA) is 180 Å². The summed E-state index contributed by atoms with van der Waals surface area (Å²) in [5.74, 6) is -5.93. The molecule has 3 aliphatic rings. The Morgan fingerprint density at radius 3 is 2.48 bits per heavy atom. The molecule has 16 heteroatoms.